The summed E-state index contributed by atoms with van der Waals surface area (Å²) in [5.74, 6) is -0.151. The number of nitrogens with one attached hydrogen (secondary N) is 1. The van der Waals surface area contributed by atoms with E-state index in [1.54, 1.807) is 6.07 Å². The van der Waals surface area contributed by atoms with Gasteiger partial charge in [-0.15, -0.1) is 11.8 Å². The van der Waals surface area contributed by atoms with Crippen molar-refractivity contribution in [3.05, 3.63) is 65.7 Å². The van der Waals surface area contributed by atoms with Crippen LogP contribution in [0.1, 0.15) is 24.1 Å². The SMILES string of the molecule is C[C@H](NC(=O)CSc1cccc(C(F)(F)F)c1)c1ccccc1. The largest absolute Gasteiger partial charge is 0.416 e. The molecule has 0 radical (unpaired) electrons. The van der Waals surface area contributed by atoms with E-state index in [1.165, 1.54) is 6.07 Å². The van der Waals surface area contributed by atoms with E-state index >= 15 is 0 Å². The zero-order valence-electron chi connectivity index (χ0n) is 12.4. The van der Waals surface area contributed by atoms with Gasteiger partial charge in [0.1, 0.15) is 0 Å². The van der Waals surface area contributed by atoms with Crippen LogP contribution in [-0.2, 0) is 11.0 Å². The molecular weight excluding hydrogens is 323 g/mol. The van der Waals surface area contributed by atoms with E-state index in [9.17, 15) is 18.0 Å². The van der Waals surface area contributed by atoms with Gasteiger partial charge < -0.3 is 5.32 Å². The summed E-state index contributed by atoms with van der Waals surface area (Å²) in [4.78, 5) is 12.3. The first-order chi connectivity index (χ1) is 10.9. The van der Waals surface area contributed by atoms with Gasteiger partial charge in [-0.2, -0.15) is 13.2 Å². The lowest BCUT2D eigenvalue weighted by molar-refractivity contribution is -0.137. The fourth-order valence-electron chi connectivity index (χ4n) is 2.02. The van der Waals surface area contributed by atoms with Crippen LogP contribution in [0.4, 0.5) is 13.2 Å². The van der Waals surface area contributed by atoms with Crippen molar-refractivity contribution < 1.29 is 18.0 Å². The van der Waals surface area contributed by atoms with Crippen molar-refractivity contribution in [2.45, 2.75) is 24.0 Å². The van der Waals surface area contributed by atoms with Gasteiger partial charge in [-0.1, -0.05) is 36.4 Å². The Morgan fingerprint density at radius 2 is 1.83 bits per heavy atom. The third-order valence-corrected chi connectivity index (χ3v) is 4.20. The van der Waals surface area contributed by atoms with Crippen LogP contribution in [0.5, 0.6) is 0 Å². The molecule has 0 bridgehead atoms. The summed E-state index contributed by atoms with van der Waals surface area (Å²) in [5.41, 5.74) is 0.269. The Morgan fingerprint density at radius 1 is 1.13 bits per heavy atom. The van der Waals surface area contributed by atoms with Gasteiger partial charge in [0.05, 0.1) is 17.4 Å². The van der Waals surface area contributed by atoms with E-state index in [2.05, 4.69) is 5.32 Å². The minimum absolute atomic E-state index is 0.0679. The molecule has 0 saturated carbocycles. The summed E-state index contributed by atoms with van der Waals surface area (Å²) >= 11 is 1.08. The molecule has 0 fully saturated rings. The number of rotatable bonds is 5. The number of carbonyl (C=O) groups is 1. The third-order valence-electron chi connectivity index (χ3n) is 3.21. The minimum Gasteiger partial charge on any atom is -0.349 e. The topological polar surface area (TPSA) is 29.1 Å². The number of thioether (sulfide) groups is 1. The molecule has 122 valence electrons. The monoisotopic (exact) mass is 339 g/mol. The van der Waals surface area contributed by atoms with Crippen LogP contribution in [0.25, 0.3) is 0 Å². The number of alkyl halides is 3. The van der Waals surface area contributed by atoms with Gasteiger partial charge in [0.2, 0.25) is 5.91 Å². The molecule has 0 heterocycles. The lowest BCUT2D eigenvalue weighted by Crippen LogP contribution is -2.28. The fraction of sp³-hybridized carbons (Fsp3) is 0.235. The van der Waals surface area contributed by atoms with Crippen LogP contribution in [0.3, 0.4) is 0 Å². The fourth-order valence-corrected chi connectivity index (χ4v) is 2.79. The minimum atomic E-state index is -4.37. The van der Waals surface area contributed by atoms with Crippen molar-refractivity contribution >= 4 is 17.7 Å². The Hall–Kier alpha value is -1.95. The second-order valence-electron chi connectivity index (χ2n) is 5.01. The molecule has 0 aliphatic rings. The first-order valence-corrected chi connectivity index (χ1v) is 7.99. The van der Waals surface area contributed by atoms with E-state index in [0.29, 0.717) is 4.90 Å². The summed E-state index contributed by atoms with van der Waals surface area (Å²) in [6.45, 7) is 1.86. The summed E-state index contributed by atoms with van der Waals surface area (Å²) in [6.07, 6.45) is -4.37. The van der Waals surface area contributed by atoms with Crippen molar-refractivity contribution in [3.63, 3.8) is 0 Å². The van der Waals surface area contributed by atoms with Crippen LogP contribution < -0.4 is 5.32 Å². The molecule has 6 heteroatoms. The molecule has 2 aromatic rings. The first-order valence-electron chi connectivity index (χ1n) is 7.00. The molecule has 1 amide bonds. The van der Waals surface area contributed by atoms with Crippen LogP contribution >= 0.6 is 11.8 Å². The standard InChI is InChI=1S/C17H16F3NOS/c1-12(13-6-3-2-4-7-13)21-16(22)11-23-15-9-5-8-14(10-15)17(18,19)20/h2-10,12H,11H2,1H3,(H,21,22)/t12-/m0/s1. The quantitative estimate of drug-likeness (QED) is 0.802. The van der Waals surface area contributed by atoms with E-state index < -0.39 is 11.7 Å². The maximum atomic E-state index is 12.6. The third kappa shape index (κ3) is 5.32. The zero-order chi connectivity index (χ0) is 16.9. The van der Waals surface area contributed by atoms with E-state index in [4.69, 9.17) is 0 Å². The lowest BCUT2D eigenvalue weighted by Gasteiger charge is -2.14. The Balaban J connectivity index is 1.90. The molecule has 23 heavy (non-hydrogen) atoms. The molecule has 0 aliphatic carbocycles. The first kappa shape index (κ1) is 17.4. The highest BCUT2D eigenvalue weighted by atomic mass is 32.2. The molecule has 0 aromatic heterocycles. The molecule has 2 nitrogen and oxygen atoms in total. The second kappa shape index (κ2) is 7.55. The smallest absolute Gasteiger partial charge is 0.349 e. The molecule has 0 aliphatic heterocycles. The van der Waals surface area contributed by atoms with Gasteiger partial charge in [0.25, 0.3) is 0 Å². The Kier molecular flexibility index (Phi) is 5.71. The normalized spacial score (nSPS) is 12.7. The maximum Gasteiger partial charge on any atom is 0.416 e. The van der Waals surface area contributed by atoms with Crippen molar-refractivity contribution in [3.8, 4) is 0 Å². The number of hydrogen-bond acceptors (Lipinski definition) is 2. The van der Waals surface area contributed by atoms with Crippen LogP contribution in [0.2, 0.25) is 0 Å². The van der Waals surface area contributed by atoms with E-state index in [0.717, 1.165) is 29.5 Å². The number of halogens is 3. The Morgan fingerprint density at radius 3 is 2.48 bits per heavy atom. The van der Waals surface area contributed by atoms with Gasteiger partial charge in [0.15, 0.2) is 0 Å². The van der Waals surface area contributed by atoms with Gasteiger partial charge in [-0.25, -0.2) is 0 Å². The van der Waals surface area contributed by atoms with E-state index in [-0.39, 0.29) is 17.7 Å². The average molecular weight is 339 g/mol. The van der Waals surface area contributed by atoms with E-state index in [1.807, 2.05) is 37.3 Å². The van der Waals surface area contributed by atoms with Gasteiger partial charge in [-0.3, -0.25) is 4.79 Å². The van der Waals surface area contributed by atoms with Crippen molar-refractivity contribution in [1.82, 2.24) is 5.32 Å². The van der Waals surface area contributed by atoms with Crippen molar-refractivity contribution in [2.75, 3.05) is 5.75 Å². The molecule has 0 unspecified atom stereocenters. The van der Waals surface area contributed by atoms with Gasteiger partial charge in [0, 0.05) is 4.90 Å². The zero-order valence-corrected chi connectivity index (χ0v) is 13.2. The van der Waals surface area contributed by atoms with Crippen molar-refractivity contribution in [2.24, 2.45) is 0 Å². The molecule has 2 rings (SSSR count). The number of amides is 1. The number of benzene rings is 2. The Bertz CT molecular complexity index is 658. The van der Waals surface area contributed by atoms with Gasteiger partial charge in [-0.05, 0) is 30.7 Å². The second-order valence-corrected chi connectivity index (χ2v) is 6.06. The molecular formula is C17H16F3NOS. The van der Waals surface area contributed by atoms with Crippen LogP contribution in [-0.4, -0.2) is 11.7 Å². The summed E-state index contributed by atoms with van der Waals surface area (Å²) < 4.78 is 37.9. The van der Waals surface area contributed by atoms with Gasteiger partial charge >= 0.3 is 6.18 Å². The predicted octanol–water partition coefficient (Wildman–Crippen LogP) is 4.67. The highest BCUT2D eigenvalue weighted by Gasteiger charge is 2.30. The summed E-state index contributed by atoms with van der Waals surface area (Å²) in [5, 5.41) is 2.83. The Labute approximate surface area is 137 Å². The maximum absolute atomic E-state index is 12.6. The molecule has 1 N–H and O–H groups in total. The molecule has 0 spiro atoms. The highest BCUT2D eigenvalue weighted by molar-refractivity contribution is 8.00. The molecule has 2 aromatic carbocycles. The van der Waals surface area contributed by atoms with Crippen LogP contribution in [0.15, 0.2) is 59.5 Å². The van der Waals surface area contributed by atoms with Crippen molar-refractivity contribution in [1.29, 1.82) is 0 Å². The summed E-state index contributed by atoms with van der Waals surface area (Å²) in [6, 6.07) is 14.3. The molecule has 0 saturated heterocycles. The molecule has 1 atom stereocenters. The highest BCUT2D eigenvalue weighted by Crippen LogP contribution is 2.31. The number of carbonyl (C=O) groups excluding carboxylic acids is 1. The average Bonchev–Trinajstić information content (AvgIpc) is 2.53. The lowest BCUT2D eigenvalue weighted by atomic mass is 10.1. The summed E-state index contributed by atoms with van der Waals surface area (Å²) in [7, 11) is 0. The van der Waals surface area contributed by atoms with Crippen LogP contribution in [0, 0.1) is 0 Å². The number of hydrogen-bond donors (Lipinski definition) is 1. The predicted molar refractivity (Wildman–Crippen MR) is 85.2 cm³/mol.